The minimum atomic E-state index is -0.420. The van der Waals surface area contributed by atoms with E-state index in [-0.39, 0.29) is 11.9 Å². The number of nitrogens with zero attached hydrogens (tertiary/aromatic N) is 1. The third-order valence-corrected chi connectivity index (χ3v) is 4.85. The van der Waals surface area contributed by atoms with Crippen LogP contribution in [0.15, 0.2) is 54.6 Å². The molecule has 28 heavy (non-hydrogen) atoms. The van der Waals surface area contributed by atoms with Gasteiger partial charge >= 0.3 is 0 Å². The van der Waals surface area contributed by atoms with Gasteiger partial charge in [-0.05, 0) is 18.1 Å². The molecule has 0 radical (unpaired) electrons. The molecule has 2 rings (SSSR count). The molecular weight excluding hydrogens is 372 g/mol. The predicted molar refractivity (Wildman–Crippen MR) is 115 cm³/mol. The molecule has 1 N–H and O–H groups in total. The number of aryl methyl sites for hydroxylation is 1. The Balaban J connectivity index is 2.34. The van der Waals surface area contributed by atoms with Gasteiger partial charge in [-0.15, -0.1) is 0 Å². The Morgan fingerprint density at radius 2 is 1.79 bits per heavy atom. The summed E-state index contributed by atoms with van der Waals surface area (Å²) in [7, 11) is 3.16. The van der Waals surface area contributed by atoms with Gasteiger partial charge in [0.25, 0.3) is 0 Å². The number of hydrogen-bond donors (Lipinski definition) is 1. The third-order valence-electron chi connectivity index (χ3n) is 4.49. The molecule has 2 aromatic carbocycles. The van der Waals surface area contributed by atoms with Crippen LogP contribution in [-0.4, -0.2) is 42.8 Å². The quantitative estimate of drug-likeness (QED) is 0.515. The Bertz CT molecular complexity index is 778. The Morgan fingerprint density at radius 3 is 2.36 bits per heavy atom. The van der Waals surface area contributed by atoms with Crippen LogP contribution in [0.4, 0.5) is 0 Å². The maximum atomic E-state index is 12.6. The fraction of sp³-hybridized carbons (Fsp3) is 0.364. The number of thiocarbonyl (C=S) groups is 1. The number of ether oxygens (including phenoxy) is 2. The summed E-state index contributed by atoms with van der Waals surface area (Å²) >= 11 is 5.71. The Morgan fingerprint density at radius 1 is 1.11 bits per heavy atom. The average molecular weight is 401 g/mol. The molecule has 0 spiro atoms. The van der Waals surface area contributed by atoms with E-state index >= 15 is 0 Å². The fourth-order valence-electron chi connectivity index (χ4n) is 3.02. The Hall–Kier alpha value is -2.28. The maximum Gasteiger partial charge on any atom is 0.220 e. The van der Waals surface area contributed by atoms with Crippen molar-refractivity contribution in [2.75, 3.05) is 20.8 Å². The average Bonchev–Trinajstić information content (AvgIpc) is 2.69. The van der Waals surface area contributed by atoms with E-state index in [4.69, 9.17) is 21.7 Å². The fourth-order valence-corrected chi connectivity index (χ4v) is 3.37. The Labute approximate surface area is 172 Å². The normalized spacial score (nSPS) is 11.9. The third kappa shape index (κ3) is 6.12. The molecule has 150 valence electrons. The molecule has 0 heterocycles. The monoisotopic (exact) mass is 400 g/mol. The van der Waals surface area contributed by atoms with Crippen molar-refractivity contribution in [3.8, 4) is 0 Å². The van der Waals surface area contributed by atoms with Crippen molar-refractivity contribution in [2.45, 2.75) is 32.7 Å². The Kier molecular flexibility index (Phi) is 8.57. The van der Waals surface area contributed by atoms with Crippen molar-refractivity contribution in [3.05, 3.63) is 71.3 Å². The molecule has 0 aliphatic rings. The summed E-state index contributed by atoms with van der Waals surface area (Å²) in [5.74, 6) is -0.0467. The molecule has 0 bridgehead atoms. The van der Waals surface area contributed by atoms with Gasteiger partial charge in [0.2, 0.25) is 5.91 Å². The second-order valence-corrected chi connectivity index (χ2v) is 7.04. The molecule has 1 unspecified atom stereocenters. The molecule has 2 aromatic rings. The molecule has 0 saturated carbocycles. The van der Waals surface area contributed by atoms with E-state index in [1.807, 2.05) is 55.5 Å². The zero-order valence-corrected chi connectivity index (χ0v) is 17.7. The lowest BCUT2D eigenvalue weighted by atomic mass is 10.0. The molecule has 0 saturated heterocycles. The van der Waals surface area contributed by atoms with Crippen molar-refractivity contribution in [2.24, 2.45) is 0 Å². The van der Waals surface area contributed by atoms with Gasteiger partial charge in [0.05, 0.1) is 6.54 Å². The molecule has 1 amide bonds. The summed E-state index contributed by atoms with van der Waals surface area (Å²) < 4.78 is 10.5. The highest BCUT2D eigenvalue weighted by Gasteiger charge is 2.27. The van der Waals surface area contributed by atoms with Crippen molar-refractivity contribution in [1.82, 2.24) is 10.2 Å². The molecule has 0 aromatic heterocycles. The molecule has 1 atom stereocenters. The molecule has 0 fully saturated rings. The lowest BCUT2D eigenvalue weighted by molar-refractivity contribution is -0.130. The standard InChI is InChI=1S/C22H28N2O3S/c1-16-9-8-12-19(13-16)21(22(28)23-14-20(26-3)27-4)24(17(2)25)15-18-10-6-5-7-11-18/h5-13,20-21H,14-15H2,1-4H3,(H,23,28). The predicted octanol–water partition coefficient (Wildman–Crippen LogP) is 3.62. The van der Waals surface area contributed by atoms with Gasteiger partial charge in [-0.2, -0.15) is 0 Å². The second kappa shape index (κ2) is 10.9. The number of carbonyl (C=O) groups excluding carboxylic acids is 1. The zero-order valence-electron chi connectivity index (χ0n) is 16.8. The van der Waals surface area contributed by atoms with Gasteiger partial charge < -0.3 is 19.7 Å². The van der Waals surface area contributed by atoms with Gasteiger partial charge in [0.15, 0.2) is 6.29 Å². The molecule has 0 aliphatic heterocycles. The second-order valence-electron chi connectivity index (χ2n) is 6.60. The van der Waals surface area contributed by atoms with Crippen LogP contribution in [0.1, 0.15) is 29.7 Å². The molecule has 0 aliphatic carbocycles. The number of nitrogens with one attached hydrogen (secondary N) is 1. The van der Waals surface area contributed by atoms with Gasteiger partial charge in [-0.3, -0.25) is 4.79 Å². The van der Waals surface area contributed by atoms with Crippen molar-refractivity contribution >= 4 is 23.1 Å². The van der Waals surface area contributed by atoms with Crippen LogP contribution in [0.3, 0.4) is 0 Å². The van der Waals surface area contributed by atoms with Gasteiger partial charge in [0.1, 0.15) is 11.0 Å². The SMILES string of the molecule is COC(CNC(=S)C(c1cccc(C)c1)N(Cc1ccccc1)C(C)=O)OC. The largest absolute Gasteiger partial charge is 0.373 e. The molecule has 6 heteroatoms. The number of methoxy groups -OCH3 is 2. The summed E-state index contributed by atoms with van der Waals surface area (Å²) in [6.07, 6.45) is -0.420. The number of benzene rings is 2. The van der Waals surface area contributed by atoms with Crippen LogP contribution >= 0.6 is 12.2 Å². The molecule has 5 nitrogen and oxygen atoms in total. The minimum Gasteiger partial charge on any atom is -0.373 e. The zero-order chi connectivity index (χ0) is 20.5. The van der Waals surface area contributed by atoms with E-state index in [9.17, 15) is 4.79 Å². The number of hydrogen-bond acceptors (Lipinski definition) is 4. The smallest absolute Gasteiger partial charge is 0.220 e. The first-order valence-corrected chi connectivity index (χ1v) is 9.58. The number of amides is 1. The maximum absolute atomic E-state index is 12.6. The van der Waals surface area contributed by atoms with Gasteiger partial charge in [-0.1, -0.05) is 72.4 Å². The van der Waals surface area contributed by atoms with Crippen LogP contribution < -0.4 is 5.32 Å². The summed E-state index contributed by atoms with van der Waals surface area (Å²) in [4.78, 5) is 14.9. The van der Waals surface area contributed by atoms with Crippen LogP contribution in [0.25, 0.3) is 0 Å². The number of carbonyl (C=O) groups is 1. The van der Waals surface area contributed by atoms with Crippen molar-refractivity contribution in [3.63, 3.8) is 0 Å². The lowest BCUT2D eigenvalue weighted by Gasteiger charge is -2.33. The summed E-state index contributed by atoms with van der Waals surface area (Å²) in [5.41, 5.74) is 3.13. The van der Waals surface area contributed by atoms with Crippen LogP contribution in [0, 0.1) is 6.92 Å². The van der Waals surface area contributed by atoms with Gasteiger partial charge in [0, 0.05) is 27.7 Å². The van der Waals surface area contributed by atoms with Crippen molar-refractivity contribution < 1.29 is 14.3 Å². The van der Waals surface area contributed by atoms with E-state index in [1.165, 1.54) is 0 Å². The van der Waals surface area contributed by atoms with E-state index in [2.05, 4.69) is 11.4 Å². The van der Waals surface area contributed by atoms with Crippen LogP contribution in [-0.2, 0) is 20.8 Å². The summed E-state index contributed by atoms with van der Waals surface area (Å²) in [6.45, 7) is 4.46. The summed E-state index contributed by atoms with van der Waals surface area (Å²) in [5, 5.41) is 3.21. The van der Waals surface area contributed by atoms with E-state index in [0.29, 0.717) is 18.1 Å². The van der Waals surface area contributed by atoms with Crippen LogP contribution in [0.2, 0.25) is 0 Å². The van der Waals surface area contributed by atoms with Crippen LogP contribution in [0.5, 0.6) is 0 Å². The molecular formula is C22H28N2O3S. The highest BCUT2D eigenvalue weighted by atomic mass is 32.1. The highest BCUT2D eigenvalue weighted by Crippen LogP contribution is 2.25. The lowest BCUT2D eigenvalue weighted by Crippen LogP contribution is -2.44. The summed E-state index contributed by atoms with van der Waals surface area (Å²) in [6, 6.07) is 17.6. The minimum absolute atomic E-state index is 0.0467. The topological polar surface area (TPSA) is 50.8 Å². The first kappa shape index (κ1) is 22.0. The van der Waals surface area contributed by atoms with E-state index in [0.717, 1.165) is 16.7 Å². The highest BCUT2D eigenvalue weighted by molar-refractivity contribution is 7.80. The van der Waals surface area contributed by atoms with E-state index in [1.54, 1.807) is 26.0 Å². The van der Waals surface area contributed by atoms with E-state index < -0.39 is 6.29 Å². The first-order chi connectivity index (χ1) is 13.5. The van der Waals surface area contributed by atoms with Crippen molar-refractivity contribution in [1.29, 1.82) is 0 Å². The number of rotatable bonds is 9. The van der Waals surface area contributed by atoms with Gasteiger partial charge in [-0.25, -0.2) is 0 Å². The first-order valence-electron chi connectivity index (χ1n) is 9.17.